The van der Waals surface area contributed by atoms with Crippen LogP contribution in [0.4, 0.5) is 26.3 Å². The molecule has 10 nitrogen and oxygen atoms in total. The Hall–Kier alpha value is -4.34. The third-order valence-electron chi connectivity index (χ3n) is 9.89. The Balaban J connectivity index is 1.46. The van der Waals surface area contributed by atoms with E-state index in [0.717, 1.165) is 6.92 Å². The number of nitrogens with two attached hydrogens (primary N) is 1. The number of nitrogens with zero attached hydrogens (tertiary/aromatic N) is 5. The Morgan fingerprint density at radius 1 is 1.10 bits per heavy atom. The smallest absolute Gasteiger partial charge is 0.402 e. The van der Waals surface area contributed by atoms with Gasteiger partial charge in [0.25, 0.3) is 11.8 Å². The Labute approximate surface area is 283 Å². The normalized spacial score (nSPS) is 25.1. The average molecular weight is 708 g/mol. The molecule has 0 radical (unpaired) electrons. The van der Waals surface area contributed by atoms with Crippen molar-refractivity contribution in [3.8, 4) is 17.3 Å². The second-order valence-electron chi connectivity index (χ2n) is 13.7. The highest BCUT2D eigenvalue weighted by Crippen LogP contribution is 2.44. The van der Waals surface area contributed by atoms with Crippen molar-refractivity contribution in [3.05, 3.63) is 41.6 Å². The summed E-state index contributed by atoms with van der Waals surface area (Å²) in [6.45, 7) is 1.51. The summed E-state index contributed by atoms with van der Waals surface area (Å²) in [5, 5.41) is 2.90. The van der Waals surface area contributed by atoms with Crippen molar-refractivity contribution in [2.45, 2.75) is 82.9 Å². The van der Waals surface area contributed by atoms with Crippen molar-refractivity contribution in [3.63, 3.8) is 0 Å². The number of amides is 2. The van der Waals surface area contributed by atoms with Gasteiger partial charge in [-0.25, -0.2) is 23.1 Å². The molecule has 3 aromatic heterocycles. The van der Waals surface area contributed by atoms with Crippen LogP contribution in [0.3, 0.4) is 0 Å². The first-order chi connectivity index (χ1) is 23.4. The minimum Gasteiger partial charge on any atom is -0.494 e. The number of aromatic nitrogens is 4. The monoisotopic (exact) mass is 707 g/mol. The largest absolute Gasteiger partial charge is 0.494 e. The predicted molar refractivity (Wildman–Crippen MR) is 174 cm³/mol. The Morgan fingerprint density at radius 3 is 2.50 bits per heavy atom. The maximum Gasteiger partial charge on any atom is 0.402 e. The maximum atomic E-state index is 15.7. The van der Waals surface area contributed by atoms with Crippen LogP contribution in [0.2, 0.25) is 0 Å². The van der Waals surface area contributed by atoms with Crippen molar-refractivity contribution >= 4 is 33.9 Å². The van der Waals surface area contributed by atoms with Gasteiger partial charge in [-0.05, 0) is 63.4 Å². The fraction of sp³-hybridized carbons (Fsp3) is 0.529. The minimum absolute atomic E-state index is 0.104. The summed E-state index contributed by atoms with van der Waals surface area (Å²) in [6.07, 6.45) is -7.86. The lowest BCUT2D eigenvalue weighted by molar-refractivity contribution is -0.219. The van der Waals surface area contributed by atoms with E-state index in [1.165, 1.54) is 41.7 Å². The third kappa shape index (κ3) is 6.37. The molecular weight excluding hydrogens is 668 g/mol. The molecule has 1 saturated heterocycles. The molecule has 5 heterocycles. The van der Waals surface area contributed by atoms with E-state index in [1.54, 1.807) is 23.7 Å². The van der Waals surface area contributed by atoms with Crippen LogP contribution in [-0.4, -0.2) is 80.3 Å². The topological polar surface area (TPSA) is 120 Å². The molecule has 16 heteroatoms. The van der Waals surface area contributed by atoms with Gasteiger partial charge in [-0.15, -0.1) is 0 Å². The SMILES string of the molecule is COc1cc(C(=O)N2C[C@H](N)C[C@@H](F)C2)cc2nc(-c3cc4ccc5nc4n3CC(F)(F)CCCC[C@@](C)(C(F)(F)F)C(=O)N[C@@H]5C)n(C)c12. The van der Waals surface area contributed by atoms with Gasteiger partial charge in [-0.3, -0.25) is 9.59 Å². The van der Waals surface area contributed by atoms with Crippen molar-refractivity contribution in [2.75, 3.05) is 20.2 Å². The molecule has 1 aromatic carbocycles. The van der Waals surface area contributed by atoms with Gasteiger partial charge in [0, 0.05) is 37.0 Å². The number of halogens is 6. The van der Waals surface area contributed by atoms with Crippen LogP contribution in [-0.2, 0) is 18.4 Å². The molecule has 0 aliphatic carbocycles. The molecule has 0 unspecified atom stereocenters. The number of methoxy groups -OCH3 is 1. The summed E-state index contributed by atoms with van der Waals surface area (Å²) in [5.41, 5.74) is 4.78. The first-order valence-electron chi connectivity index (χ1n) is 16.4. The summed E-state index contributed by atoms with van der Waals surface area (Å²) < 4.78 is 96.7. The third-order valence-corrected chi connectivity index (χ3v) is 9.89. The molecule has 4 atom stereocenters. The lowest BCUT2D eigenvalue weighted by atomic mass is 9.82. The van der Waals surface area contributed by atoms with Gasteiger partial charge in [-0.2, -0.15) is 13.2 Å². The number of carbonyl (C=O) groups excluding carboxylic acids is 2. The fourth-order valence-electron chi connectivity index (χ4n) is 6.96. The zero-order chi connectivity index (χ0) is 36.3. The van der Waals surface area contributed by atoms with Gasteiger partial charge in [0.2, 0.25) is 5.91 Å². The van der Waals surface area contributed by atoms with E-state index in [9.17, 15) is 27.2 Å². The Bertz CT molecular complexity index is 1950. The number of hydrogen-bond acceptors (Lipinski definition) is 6. The second-order valence-corrected chi connectivity index (χ2v) is 13.7. The van der Waals surface area contributed by atoms with E-state index in [4.69, 9.17) is 15.5 Å². The number of pyridine rings is 1. The number of benzene rings is 1. The van der Waals surface area contributed by atoms with Crippen molar-refractivity contribution in [1.29, 1.82) is 0 Å². The first kappa shape index (κ1) is 35.5. The van der Waals surface area contributed by atoms with Crippen LogP contribution in [0, 0.1) is 5.41 Å². The summed E-state index contributed by atoms with van der Waals surface area (Å²) in [6, 6.07) is 6.35. The van der Waals surface area contributed by atoms with E-state index >= 15 is 8.78 Å². The molecule has 270 valence electrons. The minimum atomic E-state index is -4.89. The number of hydrogen-bond donors (Lipinski definition) is 2. The van der Waals surface area contributed by atoms with Crippen LogP contribution in [0.5, 0.6) is 5.75 Å². The highest BCUT2D eigenvalue weighted by Gasteiger charge is 2.56. The van der Waals surface area contributed by atoms with Gasteiger partial charge in [0.05, 0.1) is 43.1 Å². The molecule has 4 aromatic rings. The van der Waals surface area contributed by atoms with E-state index < -0.39 is 67.0 Å². The van der Waals surface area contributed by atoms with Crippen LogP contribution >= 0.6 is 0 Å². The second kappa shape index (κ2) is 12.8. The van der Waals surface area contributed by atoms with Crippen molar-refractivity contribution in [2.24, 2.45) is 18.2 Å². The zero-order valence-electron chi connectivity index (χ0n) is 28.1. The molecule has 2 aliphatic heterocycles. The molecular formula is C34H39F6N7O3. The van der Waals surface area contributed by atoms with Crippen LogP contribution in [0.15, 0.2) is 30.3 Å². The number of carbonyl (C=O) groups is 2. The number of nitrogens with one attached hydrogen (secondary N) is 1. The molecule has 0 spiro atoms. The lowest BCUT2D eigenvalue weighted by Gasteiger charge is -2.33. The number of alkyl halides is 6. The average Bonchev–Trinajstić information content (AvgIpc) is 3.56. The molecule has 1 fully saturated rings. The number of likely N-dealkylation sites (tertiary alicyclic amines) is 1. The number of aryl methyl sites for hydroxylation is 1. The molecule has 2 bridgehead atoms. The van der Waals surface area contributed by atoms with Gasteiger partial charge in [0.15, 0.2) is 5.82 Å². The van der Waals surface area contributed by atoms with E-state index in [0.29, 0.717) is 16.4 Å². The maximum absolute atomic E-state index is 15.7. The van der Waals surface area contributed by atoms with Gasteiger partial charge in [0.1, 0.15) is 28.5 Å². The van der Waals surface area contributed by atoms with Crippen LogP contribution < -0.4 is 15.8 Å². The summed E-state index contributed by atoms with van der Waals surface area (Å²) >= 11 is 0. The first-order valence-corrected chi connectivity index (χ1v) is 16.4. The number of ether oxygens (including phenoxy) is 1. The highest BCUT2D eigenvalue weighted by atomic mass is 19.4. The molecule has 50 heavy (non-hydrogen) atoms. The quantitative estimate of drug-likeness (QED) is 0.250. The molecule has 3 N–H and O–H groups in total. The molecule has 2 amide bonds. The van der Waals surface area contributed by atoms with E-state index in [-0.39, 0.29) is 66.5 Å². The van der Waals surface area contributed by atoms with Crippen LogP contribution in [0.25, 0.3) is 33.6 Å². The number of piperidine rings is 1. The standard InChI is InChI=1S/C34H39F6N7O3/c1-18-23-8-7-19-12-25(47(28(19)43-23)17-33(36,37)10-6-5-9-32(2,31(49)42-18)34(38,39)40)29-44-24-11-20(13-26(50-4)27(24)45(29)3)30(48)46-15-21(35)14-22(41)16-46/h7-8,11-13,18,21-22H,5-6,9-10,14-17,41H2,1-4H3,(H,42,49)/t18-,21-,22-,32-/m1/s1. The predicted octanol–water partition coefficient (Wildman–Crippen LogP) is 6.07. The van der Waals surface area contributed by atoms with E-state index in [2.05, 4.69) is 10.3 Å². The lowest BCUT2D eigenvalue weighted by Crippen LogP contribution is -2.50. The summed E-state index contributed by atoms with van der Waals surface area (Å²) in [4.78, 5) is 37.2. The zero-order valence-corrected chi connectivity index (χ0v) is 28.1. The van der Waals surface area contributed by atoms with Gasteiger partial charge < -0.3 is 29.8 Å². The van der Waals surface area contributed by atoms with Crippen molar-refractivity contribution in [1.82, 2.24) is 29.3 Å². The number of imidazole rings is 1. The molecule has 0 saturated carbocycles. The molecule has 6 rings (SSSR count). The van der Waals surface area contributed by atoms with Crippen LogP contribution in [0.1, 0.15) is 68.0 Å². The number of rotatable bonds is 3. The number of fused-ring (bicyclic) bond motifs is 2. The van der Waals surface area contributed by atoms with Gasteiger partial charge >= 0.3 is 6.18 Å². The van der Waals surface area contributed by atoms with Gasteiger partial charge in [-0.1, -0.05) is 6.42 Å². The summed E-state index contributed by atoms with van der Waals surface area (Å²) in [7, 11) is 3.09. The summed E-state index contributed by atoms with van der Waals surface area (Å²) in [5.74, 6) is -4.53. The molecule has 2 aliphatic rings. The van der Waals surface area contributed by atoms with Crippen molar-refractivity contribution < 1.29 is 40.7 Å². The van der Waals surface area contributed by atoms with E-state index in [1.807, 2.05) is 0 Å². The Morgan fingerprint density at radius 2 is 1.82 bits per heavy atom. The Kier molecular flexibility index (Phi) is 9.06. The highest BCUT2D eigenvalue weighted by molar-refractivity contribution is 6.00. The fourth-order valence-corrected chi connectivity index (χ4v) is 6.96.